The van der Waals surface area contributed by atoms with Gasteiger partial charge in [0.15, 0.2) is 0 Å². The summed E-state index contributed by atoms with van der Waals surface area (Å²) in [6, 6.07) is 0. The molecule has 0 radical (unpaired) electrons. The summed E-state index contributed by atoms with van der Waals surface area (Å²) in [6.07, 6.45) is 6.33. The first-order valence-electron chi connectivity index (χ1n) is 6.05. The molecule has 1 fully saturated rings. The first-order valence-corrected chi connectivity index (χ1v) is 6.05. The summed E-state index contributed by atoms with van der Waals surface area (Å²) in [5.74, 6) is 0.808. The van der Waals surface area contributed by atoms with Crippen LogP contribution in [0.1, 0.15) is 18.5 Å². The van der Waals surface area contributed by atoms with Crippen LogP contribution in [0.4, 0.5) is 5.82 Å². The molecule has 2 rings (SSSR count). The predicted octanol–water partition coefficient (Wildman–Crippen LogP) is 1.13. The molecule has 5 nitrogen and oxygen atoms in total. The maximum atomic E-state index is 5.41. The van der Waals surface area contributed by atoms with E-state index in [1.165, 1.54) is 6.42 Å². The highest BCUT2D eigenvalue weighted by atomic mass is 16.5. The number of hydrogen-bond acceptors (Lipinski definition) is 5. The fourth-order valence-electron chi connectivity index (χ4n) is 2.14. The predicted molar refractivity (Wildman–Crippen MR) is 66.9 cm³/mol. The summed E-state index contributed by atoms with van der Waals surface area (Å²) in [7, 11) is 3.63. The van der Waals surface area contributed by atoms with Gasteiger partial charge in [0, 0.05) is 27.2 Å². The Balaban J connectivity index is 1.90. The van der Waals surface area contributed by atoms with Crippen molar-refractivity contribution in [2.45, 2.75) is 25.5 Å². The highest BCUT2D eigenvalue weighted by Gasteiger charge is 2.19. The van der Waals surface area contributed by atoms with E-state index < -0.39 is 0 Å². The second-order valence-corrected chi connectivity index (χ2v) is 4.38. The van der Waals surface area contributed by atoms with E-state index >= 15 is 0 Å². The number of rotatable bonds is 4. The number of ether oxygens (including phenoxy) is 1. The van der Waals surface area contributed by atoms with E-state index in [0.29, 0.717) is 6.10 Å². The summed E-state index contributed by atoms with van der Waals surface area (Å²) >= 11 is 0. The van der Waals surface area contributed by atoms with Gasteiger partial charge in [-0.1, -0.05) is 0 Å². The van der Waals surface area contributed by atoms with Crippen molar-refractivity contribution in [1.82, 2.24) is 14.9 Å². The van der Waals surface area contributed by atoms with Gasteiger partial charge in [0.25, 0.3) is 0 Å². The lowest BCUT2D eigenvalue weighted by Crippen LogP contribution is -2.38. The van der Waals surface area contributed by atoms with Crippen molar-refractivity contribution in [2.24, 2.45) is 0 Å². The minimum absolute atomic E-state index is 0.369. The zero-order chi connectivity index (χ0) is 12.1. The molecule has 94 valence electrons. The lowest BCUT2D eigenvalue weighted by Gasteiger charge is -2.31. The molecule has 0 aromatic carbocycles. The lowest BCUT2D eigenvalue weighted by atomic mass is 10.1. The Labute approximate surface area is 102 Å². The largest absolute Gasteiger partial charge is 0.380 e. The van der Waals surface area contributed by atoms with Crippen LogP contribution in [0.2, 0.25) is 0 Å². The third kappa shape index (κ3) is 3.38. The normalized spacial score (nSPS) is 21.4. The number of hydrogen-bond donors (Lipinski definition) is 1. The maximum Gasteiger partial charge on any atom is 0.144 e. The van der Waals surface area contributed by atoms with Crippen molar-refractivity contribution < 1.29 is 4.74 Å². The molecule has 1 aromatic rings. The number of piperidine rings is 1. The van der Waals surface area contributed by atoms with Crippen molar-refractivity contribution >= 4 is 5.82 Å². The van der Waals surface area contributed by atoms with E-state index in [1.54, 1.807) is 13.3 Å². The van der Waals surface area contributed by atoms with Gasteiger partial charge in [-0.05, 0) is 19.4 Å². The van der Waals surface area contributed by atoms with Gasteiger partial charge >= 0.3 is 0 Å². The Morgan fingerprint density at radius 1 is 1.47 bits per heavy atom. The topological polar surface area (TPSA) is 50.3 Å². The van der Waals surface area contributed by atoms with Crippen LogP contribution in [0.15, 0.2) is 12.4 Å². The zero-order valence-corrected chi connectivity index (χ0v) is 10.5. The fourth-order valence-corrected chi connectivity index (χ4v) is 2.14. The van der Waals surface area contributed by atoms with Crippen LogP contribution in [0.5, 0.6) is 0 Å². The SMILES string of the molecule is CNc1cnc(CN2CCCC(OC)C2)cn1. The number of nitrogens with one attached hydrogen (secondary N) is 1. The van der Waals surface area contributed by atoms with Gasteiger partial charge in [-0.3, -0.25) is 9.88 Å². The maximum absolute atomic E-state index is 5.41. The second kappa shape index (κ2) is 5.93. The Kier molecular flexibility index (Phi) is 4.28. The van der Waals surface area contributed by atoms with Gasteiger partial charge < -0.3 is 10.1 Å². The minimum Gasteiger partial charge on any atom is -0.380 e. The zero-order valence-electron chi connectivity index (χ0n) is 10.5. The van der Waals surface area contributed by atoms with Crippen LogP contribution >= 0.6 is 0 Å². The molecule has 0 amide bonds. The summed E-state index contributed by atoms with van der Waals surface area (Å²) < 4.78 is 5.41. The van der Waals surface area contributed by atoms with E-state index in [-0.39, 0.29) is 0 Å². The van der Waals surface area contributed by atoms with E-state index in [4.69, 9.17) is 4.74 Å². The third-order valence-corrected chi connectivity index (χ3v) is 3.14. The highest BCUT2D eigenvalue weighted by molar-refractivity contribution is 5.29. The van der Waals surface area contributed by atoms with Crippen LogP contribution in [0.25, 0.3) is 0 Å². The molecular formula is C12H20N4O. The Bertz CT molecular complexity index is 341. The molecular weight excluding hydrogens is 216 g/mol. The van der Waals surface area contributed by atoms with Gasteiger partial charge in [-0.2, -0.15) is 0 Å². The molecule has 1 aliphatic heterocycles. The third-order valence-electron chi connectivity index (χ3n) is 3.14. The van der Waals surface area contributed by atoms with Crippen molar-refractivity contribution in [3.63, 3.8) is 0 Å². The van der Waals surface area contributed by atoms with Gasteiger partial charge in [0.1, 0.15) is 5.82 Å². The number of methoxy groups -OCH3 is 1. The molecule has 1 N–H and O–H groups in total. The van der Waals surface area contributed by atoms with Gasteiger partial charge in [0.05, 0.1) is 24.2 Å². The summed E-state index contributed by atoms with van der Waals surface area (Å²) in [5.41, 5.74) is 1.01. The average Bonchev–Trinajstić information content (AvgIpc) is 2.40. The summed E-state index contributed by atoms with van der Waals surface area (Å²) in [6.45, 7) is 2.97. The first kappa shape index (κ1) is 12.3. The van der Waals surface area contributed by atoms with Gasteiger partial charge in [-0.25, -0.2) is 4.98 Å². The summed E-state index contributed by atoms with van der Waals surface area (Å²) in [5, 5.41) is 2.97. The molecule has 0 saturated carbocycles. The van der Waals surface area contributed by atoms with Crippen molar-refractivity contribution in [3.8, 4) is 0 Å². The quantitative estimate of drug-likeness (QED) is 0.849. The Morgan fingerprint density at radius 3 is 3.00 bits per heavy atom. The minimum atomic E-state index is 0.369. The fraction of sp³-hybridized carbons (Fsp3) is 0.667. The van der Waals surface area contributed by atoms with Crippen molar-refractivity contribution in [2.75, 3.05) is 32.6 Å². The molecule has 1 unspecified atom stereocenters. The van der Waals surface area contributed by atoms with E-state index in [1.807, 2.05) is 13.2 Å². The molecule has 1 aliphatic rings. The molecule has 1 atom stereocenters. The van der Waals surface area contributed by atoms with Crippen LogP contribution in [0, 0.1) is 0 Å². The highest BCUT2D eigenvalue weighted by Crippen LogP contribution is 2.14. The molecule has 2 heterocycles. The lowest BCUT2D eigenvalue weighted by molar-refractivity contribution is 0.0281. The molecule has 5 heteroatoms. The van der Waals surface area contributed by atoms with E-state index in [0.717, 1.165) is 37.6 Å². The van der Waals surface area contributed by atoms with Gasteiger partial charge in [0.2, 0.25) is 0 Å². The van der Waals surface area contributed by atoms with Crippen molar-refractivity contribution in [1.29, 1.82) is 0 Å². The molecule has 1 aromatic heterocycles. The number of aromatic nitrogens is 2. The summed E-state index contributed by atoms with van der Waals surface area (Å²) in [4.78, 5) is 11.0. The first-order chi connectivity index (χ1) is 8.31. The Morgan fingerprint density at radius 2 is 2.35 bits per heavy atom. The molecule has 0 spiro atoms. The van der Waals surface area contributed by atoms with Crippen molar-refractivity contribution in [3.05, 3.63) is 18.1 Å². The standard InChI is InChI=1S/C12H20N4O/c1-13-12-7-14-10(6-15-12)8-16-5-3-4-11(9-16)17-2/h6-7,11H,3-5,8-9H2,1-2H3,(H,13,15). The van der Waals surface area contributed by atoms with Crippen LogP contribution < -0.4 is 5.32 Å². The Hall–Kier alpha value is -1.20. The molecule has 1 saturated heterocycles. The number of nitrogens with zero attached hydrogens (tertiary/aromatic N) is 3. The molecule has 17 heavy (non-hydrogen) atoms. The smallest absolute Gasteiger partial charge is 0.144 e. The van der Waals surface area contributed by atoms with E-state index in [9.17, 15) is 0 Å². The molecule has 0 bridgehead atoms. The average molecular weight is 236 g/mol. The number of likely N-dealkylation sites (tertiary alicyclic amines) is 1. The van der Waals surface area contributed by atoms with Crippen LogP contribution in [-0.4, -0.2) is 48.2 Å². The van der Waals surface area contributed by atoms with E-state index in [2.05, 4.69) is 20.2 Å². The van der Waals surface area contributed by atoms with Crippen LogP contribution in [0.3, 0.4) is 0 Å². The second-order valence-electron chi connectivity index (χ2n) is 4.38. The number of anilines is 1. The monoisotopic (exact) mass is 236 g/mol. The van der Waals surface area contributed by atoms with Gasteiger partial charge in [-0.15, -0.1) is 0 Å². The van der Waals surface area contributed by atoms with Crippen LogP contribution in [-0.2, 0) is 11.3 Å². The molecule has 0 aliphatic carbocycles.